The molecule has 0 aromatic heterocycles. The fraction of sp³-hybridized carbons (Fsp3) is 0.704. The second-order valence-corrected chi connectivity index (χ2v) is 23.3. The predicted octanol–water partition coefficient (Wildman–Crippen LogP) is 6.58. The summed E-state index contributed by atoms with van der Waals surface area (Å²) in [6.45, 7) is 25.1. The van der Waals surface area contributed by atoms with Crippen molar-refractivity contribution in [2.24, 2.45) is 0 Å². The topological polar surface area (TPSA) is 80.3 Å². The van der Waals surface area contributed by atoms with Crippen molar-refractivity contribution in [1.82, 2.24) is 0 Å². The van der Waals surface area contributed by atoms with Crippen molar-refractivity contribution < 1.29 is 33.0 Å². The summed E-state index contributed by atoms with van der Waals surface area (Å²) in [5.74, 6) is 0.0723. The monoisotopic (exact) mass is 540 g/mol. The number of ether oxygens (including phenoxy) is 4. The molecule has 0 fully saturated rings. The average Bonchev–Trinajstić information content (AvgIpc) is 2.65. The molecule has 9 heteroatoms. The standard InChI is InChI=1S/C27H48O7Si2/c1-20(28)32-24(25(29)33-26(2,3)4)18-21-17-22(34-36(11,12)27(5,6)7)13-14-23(21)31-19-30-15-16-35(8,9)10/h13-14,17,24H,15-16,18-19H2,1-12H3. The summed E-state index contributed by atoms with van der Waals surface area (Å²) in [7, 11) is -3.30. The molecule has 7 nitrogen and oxygen atoms in total. The van der Waals surface area contributed by atoms with Gasteiger partial charge in [0.1, 0.15) is 17.1 Å². The van der Waals surface area contributed by atoms with Gasteiger partial charge in [0.05, 0.1) is 0 Å². The molecule has 0 aliphatic rings. The van der Waals surface area contributed by atoms with E-state index in [1.807, 2.05) is 18.2 Å². The first-order valence-electron chi connectivity index (χ1n) is 12.6. The van der Waals surface area contributed by atoms with Crippen LogP contribution in [-0.2, 0) is 30.2 Å². The van der Waals surface area contributed by atoms with Gasteiger partial charge in [0, 0.05) is 33.6 Å². The number of carbonyl (C=O) groups is 2. The minimum atomic E-state index is -2.10. The predicted molar refractivity (Wildman–Crippen MR) is 149 cm³/mol. The Hall–Kier alpha value is -1.85. The first-order valence-corrected chi connectivity index (χ1v) is 19.2. The van der Waals surface area contributed by atoms with E-state index in [4.69, 9.17) is 23.4 Å². The molecule has 0 aliphatic carbocycles. The Morgan fingerprint density at radius 1 is 0.972 bits per heavy atom. The summed E-state index contributed by atoms with van der Waals surface area (Å²) in [4.78, 5) is 24.7. The van der Waals surface area contributed by atoms with Gasteiger partial charge in [-0.1, -0.05) is 40.4 Å². The summed E-state index contributed by atoms with van der Waals surface area (Å²) >= 11 is 0. The Balaban J connectivity index is 3.23. The van der Waals surface area contributed by atoms with E-state index in [9.17, 15) is 9.59 Å². The van der Waals surface area contributed by atoms with Gasteiger partial charge < -0.3 is 23.4 Å². The Morgan fingerprint density at radius 2 is 1.58 bits per heavy atom. The van der Waals surface area contributed by atoms with Crippen LogP contribution >= 0.6 is 0 Å². The van der Waals surface area contributed by atoms with Gasteiger partial charge in [-0.15, -0.1) is 0 Å². The van der Waals surface area contributed by atoms with Gasteiger partial charge in [-0.2, -0.15) is 0 Å². The lowest BCUT2D eigenvalue weighted by molar-refractivity contribution is -0.174. The highest BCUT2D eigenvalue weighted by Crippen LogP contribution is 2.38. The zero-order chi connectivity index (χ0) is 27.9. The van der Waals surface area contributed by atoms with Gasteiger partial charge in [0.25, 0.3) is 0 Å². The summed E-state index contributed by atoms with van der Waals surface area (Å²) in [6, 6.07) is 6.59. The molecule has 0 saturated heterocycles. The molecule has 1 rings (SSSR count). The molecule has 0 amide bonds. The van der Waals surface area contributed by atoms with Crippen molar-refractivity contribution in [1.29, 1.82) is 0 Å². The number of benzene rings is 1. The highest BCUT2D eigenvalue weighted by atomic mass is 28.4. The van der Waals surface area contributed by atoms with Crippen LogP contribution in [0.15, 0.2) is 18.2 Å². The fourth-order valence-electron chi connectivity index (χ4n) is 2.85. The quantitative estimate of drug-likeness (QED) is 0.128. The SMILES string of the molecule is CC(=O)OC(Cc1cc(O[Si](C)(C)C(C)(C)C)ccc1OCOCC[Si](C)(C)C)C(=O)OC(C)(C)C. The van der Waals surface area contributed by atoms with Crippen LogP contribution in [0.25, 0.3) is 0 Å². The lowest BCUT2D eigenvalue weighted by atomic mass is 10.1. The van der Waals surface area contributed by atoms with Gasteiger partial charge in [-0.25, -0.2) is 4.79 Å². The Labute approximate surface area is 220 Å². The van der Waals surface area contributed by atoms with Crippen LogP contribution in [0.1, 0.15) is 54.0 Å². The van der Waals surface area contributed by atoms with Crippen molar-refractivity contribution in [2.75, 3.05) is 13.4 Å². The van der Waals surface area contributed by atoms with Crippen LogP contribution in [0.4, 0.5) is 0 Å². The molecule has 1 aromatic carbocycles. The molecular weight excluding hydrogens is 492 g/mol. The first-order chi connectivity index (χ1) is 16.2. The summed E-state index contributed by atoms with van der Waals surface area (Å²) in [6.07, 6.45) is -1.02. The highest BCUT2D eigenvalue weighted by molar-refractivity contribution is 6.76. The summed E-state index contributed by atoms with van der Waals surface area (Å²) in [5, 5.41) is 0.0172. The van der Waals surface area contributed by atoms with Crippen molar-refractivity contribution in [3.05, 3.63) is 23.8 Å². The van der Waals surface area contributed by atoms with Crippen molar-refractivity contribution in [2.45, 2.75) is 110 Å². The third-order valence-electron chi connectivity index (χ3n) is 5.89. The second-order valence-electron chi connectivity index (χ2n) is 12.9. The normalized spacial score (nSPS) is 13.7. The molecule has 0 N–H and O–H groups in total. The van der Waals surface area contributed by atoms with E-state index < -0.39 is 40.0 Å². The van der Waals surface area contributed by atoms with Crippen LogP contribution in [0, 0.1) is 0 Å². The van der Waals surface area contributed by atoms with E-state index in [1.54, 1.807) is 20.8 Å². The van der Waals surface area contributed by atoms with Gasteiger partial charge in [-0.05, 0) is 63.1 Å². The molecule has 0 spiro atoms. The van der Waals surface area contributed by atoms with Gasteiger partial charge in [0.2, 0.25) is 14.4 Å². The number of esters is 2. The van der Waals surface area contributed by atoms with Crippen molar-refractivity contribution in [3.63, 3.8) is 0 Å². The molecule has 0 heterocycles. The molecule has 36 heavy (non-hydrogen) atoms. The average molecular weight is 541 g/mol. The number of hydrogen-bond donors (Lipinski definition) is 0. The van der Waals surface area contributed by atoms with Crippen LogP contribution in [0.3, 0.4) is 0 Å². The molecule has 1 atom stereocenters. The molecule has 0 aliphatic heterocycles. The number of carbonyl (C=O) groups excluding carboxylic acids is 2. The fourth-order valence-corrected chi connectivity index (χ4v) is 4.63. The van der Waals surface area contributed by atoms with E-state index in [2.05, 4.69) is 53.5 Å². The molecule has 0 saturated carbocycles. The molecule has 1 unspecified atom stereocenters. The Bertz CT molecular complexity index is 878. The molecule has 0 bridgehead atoms. The van der Waals surface area contributed by atoms with Crippen LogP contribution in [0.5, 0.6) is 11.5 Å². The van der Waals surface area contributed by atoms with Gasteiger partial charge in [0.15, 0.2) is 6.79 Å². The van der Waals surface area contributed by atoms with E-state index in [0.717, 1.165) is 6.04 Å². The van der Waals surface area contributed by atoms with Gasteiger partial charge >= 0.3 is 11.9 Å². The third kappa shape index (κ3) is 11.9. The van der Waals surface area contributed by atoms with E-state index in [1.165, 1.54) is 6.92 Å². The lowest BCUT2D eigenvalue weighted by Crippen LogP contribution is -2.43. The zero-order valence-electron chi connectivity index (χ0n) is 24.5. The molecule has 206 valence electrons. The highest BCUT2D eigenvalue weighted by Gasteiger charge is 2.39. The molecule has 1 aromatic rings. The largest absolute Gasteiger partial charge is 0.543 e. The molecular formula is C27H48O7Si2. The summed E-state index contributed by atoms with van der Waals surface area (Å²) in [5.41, 5.74) is -0.0381. The van der Waals surface area contributed by atoms with Crippen LogP contribution < -0.4 is 9.16 Å². The second kappa shape index (κ2) is 12.6. The Kier molecular flexibility index (Phi) is 11.3. The van der Waals surface area contributed by atoms with Crippen molar-refractivity contribution in [3.8, 4) is 11.5 Å². The first kappa shape index (κ1) is 32.2. The van der Waals surface area contributed by atoms with E-state index in [-0.39, 0.29) is 18.3 Å². The minimum Gasteiger partial charge on any atom is -0.543 e. The number of rotatable bonds is 12. The van der Waals surface area contributed by atoms with Crippen molar-refractivity contribution >= 4 is 28.3 Å². The number of hydrogen-bond acceptors (Lipinski definition) is 7. The zero-order valence-corrected chi connectivity index (χ0v) is 26.5. The maximum Gasteiger partial charge on any atom is 0.348 e. The third-order valence-corrected chi connectivity index (χ3v) is 12.0. The van der Waals surface area contributed by atoms with Gasteiger partial charge in [-0.3, -0.25) is 4.79 Å². The minimum absolute atomic E-state index is 0.0172. The summed E-state index contributed by atoms with van der Waals surface area (Å²) < 4.78 is 29.0. The molecule has 0 radical (unpaired) electrons. The van der Waals surface area contributed by atoms with Crippen LogP contribution in [-0.4, -0.2) is 53.4 Å². The Morgan fingerprint density at radius 3 is 2.08 bits per heavy atom. The van der Waals surface area contributed by atoms with E-state index in [0.29, 0.717) is 23.7 Å². The van der Waals surface area contributed by atoms with E-state index >= 15 is 0 Å². The van der Waals surface area contributed by atoms with Crippen LogP contribution in [0.2, 0.25) is 43.8 Å². The smallest absolute Gasteiger partial charge is 0.348 e. The lowest BCUT2D eigenvalue weighted by Gasteiger charge is -2.36. The maximum absolute atomic E-state index is 12.9. The maximum atomic E-state index is 12.9.